The van der Waals surface area contributed by atoms with Crippen molar-refractivity contribution in [1.82, 2.24) is 4.90 Å². The van der Waals surface area contributed by atoms with Crippen molar-refractivity contribution in [3.8, 4) is 11.5 Å². The van der Waals surface area contributed by atoms with E-state index >= 15 is 0 Å². The number of rotatable bonds is 8. The molecule has 0 radical (unpaired) electrons. The van der Waals surface area contributed by atoms with E-state index in [2.05, 4.69) is 31.0 Å². The molecule has 19 heavy (non-hydrogen) atoms. The molecule has 1 rings (SSSR count). The van der Waals surface area contributed by atoms with Gasteiger partial charge in [0.1, 0.15) is 0 Å². The highest BCUT2D eigenvalue weighted by molar-refractivity contribution is 5.43. The molecular formula is C15H26N2O2. The first-order valence-electron chi connectivity index (χ1n) is 6.72. The summed E-state index contributed by atoms with van der Waals surface area (Å²) in [6, 6.07) is 6.12. The molecule has 0 spiro atoms. The van der Waals surface area contributed by atoms with Crippen LogP contribution in [0.15, 0.2) is 18.2 Å². The van der Waals surface area contributed by atoms with Gasteiger partial charge in [-0.05, 0) is 50.2 Å². The van der Waals surface area contributed by atoms with Gasteiger partial charge in [0.15, 0.2) is 11.5 Å². The second-order valence-corrected chi connectivity index (χ2v) is 4.92. The first-order valence-corrected chi connectivity index (χ1v) is 6.72. The van der Waals surface area contributed by atoms with E-state index in [1.54, 1.807) is 14.2 Å². The van der Waals surface area contributed by atoms with Crippen LogP contribution in [0.25, 0.3) is 0 Å². The molecule has 0 saturated heterocycles. The van der Waals surface area contributed by atoms with Crippen molar-refractivity contribution in [2.24, 2.45) is 5.73 Å². The molecule has 0 aliphatic rings. The Labute approximate surface area is 116 Å². The number of hydrogen-bond donors (Lipinski definition) is 1. The van der Waals surface area contributed by atoms with Gasteiger partial charge in [0.05, 0.1) is 14.2 Å². The fourth-order valence-electron chi connectivity index (χ4n) is 2.18. The standard InChI is InChI=1S/C15H26N2O2/c1-12(11-17(2)9-5-8-16)13-6-7-14(18-3)15(10-13)19-4/h6-7,10,12H,5,8-9,11,16H2,1-4H3. The second-order valence-electron chi connectivity index (χ2n) is 4.92. The van der Waals surface area contributed by atoms with Crippen LogP contribution in [0.5, 0.6) is 11.5 Å². The summed E-state index contributed by atoms with van der Waals surface area (Å²) in [6.45, 7) is 5.01. The predicted octanol–water partition coefficient (Wildman–Crippen LogP) is 2.09. The van der Waals surface area contributed by atoms with Crippen molar-refractivity contribution < 1.29 is 9.47 Å². The third kappa shape index (κ3) is 4.73. The zero-order valence-electron chi connectivity index (χ0n) is 12.5. The number of ether oxygens (including phenoxy) is 2. The van der Waals surface area contributed by atoms with Gasteiger partial charge in [-0.25, -0.2) is 0 Å². The fourth-order valence-corrected chi connectivity index (χ4v) is 2.18. The zero-order chi connectivity index (χ0) is 14.3. The zero-order valence-corrected chi connectivity index (χ0v) is 12.5. The largest absolute Gasteiger partial charge is 0.493 e. The highest BCUT2D eigenvalue weighted by Gasteiger charge is 2.12. The Hall–Kier alpha value is -1.26. The SMILES string of the molecule is COc1ccc(C(C)CN(C)CCCN)cc1OC. The monoisotopic (exact) mass is 266 g/mol. The summed E-state index contributed by atoms with van der Waals surface area (Å²) in [4.78, 5) is 2.31. The maximum atomic E-state index is 5.53. The molecule has 0 amide bonds. The molecule has 0 fully saturated rings. The minimum atomic E-state index is 0.447. The predicted molar refractivity (Wildman–Crippen MR) is 79.1 cm³/mol. The third-order valence-corrected chi connectivity index (χ3v) is 3.31. The molecular weight excluding hydrogens is 240 g/mol. The summed E-state index contributed by atoms with van der Waals surface area (Å²) >= 11 is 0. The van der Waals surface area contributed by atoms with Gasteiger partial charge in [0, 0.05) is 6.54 Å². The van der Waals surface area contributed by atoms with E-state index in [9.17, 15) is 0 Å². The molecule has 1 aromatic carbocycles. The second kappa shape index (κ2) is 8.02. The molecule has 1 atom stereocenters. The summed E-state index contributed by atoms with van der Waals surface area (Å²) < 4.78 is 10.6. The Morgan fingerprint density at radius 3 is 2.47 bits per heavy atom. The quantitative estimate of drug-likeness (QED) is 0.782. The molecule has 4 heteroatoms. The Kier molecular flexibility index (Phi) is 6.67. The van der Waals surface area contributed by atoms with Crippen LogP contribution < -0.4 is 15.2 Å². The molecule has 1 aromatic rings. The number of likely N-dealkylation sites (N-methyl/N-ethyl adjacent to an activating group) is 1. The Morgan fingerprint density at radius 1 is 1.21 bits per heavy atom. The first kappa shape index (κ1) is 15.8. The Bertz CT molecular complexity index is 382. The van der Waals surface area contributed by atoms with E-state index in [1.807, 2.05) is 6.07 Å². The van der Waals surface area contributed by atoms with Gasteiger partial charge in [0.25, 0.3) is 0 Å². The highest BCUT2D eigenvalue weighted by Crippen LogP contribution is 2.30. The van der Waals surface area contributed by atoms with E-state index < -0.39 is 0 Å². The lowest BCUT2D eigenvalue weighted by Crippen LogP contribution is -2.26. The van der Waals surface area contributed by atoms with Crippen LogP contribution >= 0.6 is 0 Å². The minimum Gasteiger partial charge on any atom is -0.493 e. The highest BCUT2D eigenvalue weighted by atomic mass is 16.5. The molecule has 0 aliphatic carbocycles. The molecule has 108 valence electrons. The van der Waals surface area contributed by atoms with Gasteiger partial charge in [0.2, 0.25) is 0 Å². The summed E-state index contributed by atoms with van der Waals surface area (Å²) in [5.74, 6) is 2.01. The number of methoxy groups -OCH3 is 2. The summed E-state index contributed by atoms with van der Waals surface area (Å²) in [5.41, 5.74) is 6.79. The smallest absolute Gasteiger partial charge is 0.160 e. The number of nitrogens with zero attached hydrogens (tertiary/aromatic N) is 1. The number of nitrogens with two attached hydrogens (primary N) is 1. The molecule has 0 bridgehead atoms. The molecule has 1 unspecified atom stereocenters. The van der Waals surface area contributed by atoms with Crippen molar-refractivity contribution in [2.75, 3.05) is 40.9 Å². The lowest BCUT2D eigenvalue weighted by Gasteiger charge is -2.22. The normalized spacial score (nSPS) is 12.5. The van der Waals surface area contributed by atoms with Crippen LogP contribution in [0.3, 0.4) is 0 Å². The van der Waals surface area contributed by atoms with Crippen molar-refractivity contribution in [3.63, 3.8) is 0 Å². The van der Waals surface area contributed by atoms with Gasteiger partial charge >= 0.3 is 0 Å². The molecule has 0 saturated carbocycles. The van der Waals surface area contributed by atoms with E-state index in [0.29, 0.717) is 5.92 Å². The molecule has 0 aromatic heterocycles. The topological polar surface area (TPSA) is 47.7 Å². The molecule has 4 nitrogen and oxygen atoms in total. The number of benzene rings is 1. The van der Waals surface area contributed by atoms with Crippen LogP contribution in [0, 0.1) is 0 Å². The van der Waals surface area contributed by atoms with Crippen molar-refractivity contribution >= 4 is 0 Å². The third-order valence-electron chi connectivity index (χ3n) is 3.31. The molecule has 2 N–H and O–H groups in total. The van der Waals surface area contributed by atoms with Crippen LogP contribution in [-0.4, -0.2) is 45.8 Å². The van der Waals surface area contributed by atoms with Crippen LogP contribution in [0.4, 0.5) is 0 Å². The Balaban J connectivity index is 2.68. The van der Waals surface area contributed by atoms with Crippen LogP contribution in [-0.2, 0) is 0 Å². The first-order chi connectivity index (χ1) is 9.12. The van der Waals surface area contributed by atoms with Crippen molar-refractivity contribution in [3.05, 3.63) is 23.8 Å². The van der Waals surface area contributed by atoms with Gasteiger partial charge in [-0.1, -0.05) is 13.0 Å². The maximum Gasteiger partial charge on any atom is 0.160 e. The Morgan fingerprint density at radius 2 is 1.89 bits per heavy atom. The van der Waals surface area contributed by atoms with E-state index in [-0.39, 0.29) is 0 Å². The summed E-state index contributed by atoms with van der Waals surface area (Å²) in [7, 11) is 5.45. The average molecular weight is 266 g/mol. The van der Waals surface area contributed by atoms with E-state index in [4.69, 9.17) is 15.2 Å². The van der Waals surface area contributed by atoms with E-state index in [0.717, 1.165) is 37.6 Å². The van der Waals surface area contributed by atoms with Gasteiger partial charge < -0.3 is 20.1 Å². The van der Waals surface area contributed by atoms with Crippen molar-refractivity contribution in [2.45, 2.75) is 19.3 Å². The van der Waals surface area contributed by atoms with Gasteiger partial charge in [-0.2, -0.15) is 0 Å². The summed E-state index contributed by atoms with van der Waals surface area (Å²) in [5, 5.41) is 0. The van der Waals surface area contributed by atoms with Crippen molar-refractivity contribution in [1.29, 1.82) is 0 Å². The lowest BCUT2D eigenvalue weighted by atomic mass is 10.00. The molecule has 0 heterocycles. The van der Waals surface area contributed by atoms with Gasteiger partial charge in [-0.15, -0.1) is 0 Å². The minimum absolute atomic E-state index is 0.447. The molecule has 0 aliphatic heterocycles. The van der Waals surface area contributed by atoms with Crippen LogP contribution in [0.1, 0.15) is 24.8 Å². The van der Waals surface area contributed by atoms with Crippen LogP contribution in [0.2, 0.25) is 0 Å². The van der Waals surface area contributed by atoms with Gasteiger partial charge in [-0.3, -0.25) is 0 Å². The lowest BCUT2D eigenvalue weighted by molar-refractivity contribution is 0.313. The number of hydrogen-bond acceptors (Lipinski definition) is 4. The fraction of sp³-hybridized carbons (Fsp3) is 0.600. The summed E-state index contributed by atoms with van der Waals surface area (Å²) in [6.07, 6.45) is 1.04. The van der Waals surface area contributed by atoms with E-state index in [1.165, 1.54) is 5.56 Å². The average Bonchev–Trinajstić information content (AvgIpc) is 2.44. The maximum absolute atomic E-state index is 5.53.